The maximum atomic E-state index is 9.37. The monoisotopic (exact) mass is 221 g/mol. The molecule has 1 unspecified atom stereocenters. The van der Waals surface area contributed by atoms with Crippen molar-refractivity contribution < 1.29 is 9.84 Å². The van der Waals surface area contributed by atoms with Gasteiger partial charge in [-0.15, -0.1) is 0 Å². The van der Waals surface area contributed by atoms with Gasteiger partial charge in [-0.25, -0.2) is 0 Å². The summed E-state index contributed by atoms with van der Waals surface area (Å²) in [5, 5.41) is 12.8. The van der Waals surface area contributed by atoms with Crippen LogP contribution in [0.5, 0.6) is 5.75 Å². The van der Waals surface area contributed by atoms with E-state index in [-0.39, 0.29) is 12.6 Å². The third-order valence-electron chi connectivity index (χ3n) is 2.77. The summed E-state index contributed by atoms with van der Waals surface area (Å²) < 4.78 is 5.45. The molecule has 0 radical (unpaired) electrons. The first kappa shape index (κ1) is 11.4. The van der Waals surface area contributed by atoms with Crippen LogP contribution in [0.2, 0.25) is 0 Å². The number of benzene rings is 1. The second-order valence-electron chi connectivity index (χ2n) is 4.18. The fourth-order valence-corrected chi connectivity index (χ4v) is 1.78. The number of hydrogen-bond donors (Lipinski definition) is 2. The SMILES string of the molecule is CCOc1cccc(C(CO)NC2CC2)c1. The van der Waals surface area contributed by atoms with Crippen molar-refractivity contribution in [3.8, 4) is 5.75 Å². The zero-order valence-corrected chi connectivity index (χ0v) is 9.65. The highest BCUT2D eigenvalue weighted by molar-refractivity contribution is 5.30. The molecule has 0 amide bonds. The van der Waals surface area contributed by atoms with Gasteiger partial charge in [-0.05, 0) is 37.5 Å². The first-order chi connectivity index (χ1) is 7.83. The van der Waals surface area contributed by atoms with Crippen LogP contribution in [-0.2, 0) is 0 Å². The molecule has 1 atom stereocenters. The minimum Gasteiger partial charge on any atom is -0.494 e. The van der Waals surface area contributed by atoms with Crippen molar-refractivity contribution in [2.75, 3.05) is 13.2 Å². The molecule has 0 saturated heterocycles. The lowest BCUT2D eigenvalue weighted by Crippen LogP contribution is -2.26. The Bertz CT molecular complexity index is 336. The van der Waals surface area contributed by atoms with Crippen molar-refractivity contribution in [1.82, 2.24) is 5.32 Å². The molecule has 1 fully saturated rings. The average molecular weight is 221 g/mol. The van der Waals surface area contributed by atoms with Crippen LogP contribution in [0.25, 0.3) is 0 Å². The van der Waals surface area contributed by atoms with Crippen molar-refractivity contribution in [1.29, 1.82) is 0 Å². The number of aliphatic hydroxyl groups is 1. The molecule has 1 aromatic carbocycles. The highest BCUT2D eigenvalue weighted by Gasteiger charge is 2.25. The van der Waals surface area contributed by atoms with Crippen LogP contribution in [0.3, 0.4) is 0 Å². The normalized spacial score (nSPS) is 17.1. The van der Waals surface area contributed by atoms with Gasteiger partial charge in [0.05, 0.1) is 19.3 Å². The Morgan fingerprint density at radius 3 is 2.94 bits per heavy atom. The summed E-state index contributed by atoms with van der Waals surface area (Å²) in [7, 11) is 0. The second-order valence-corrected chi connectivity index (χ2v) is 4.18. The van der Waals surface area contributed by atoms with E-state index in [0.29, 0.717) is 12.6 Å². The van der Waals surface area contributed by atoms with E-state index in [1.807, 2.05) is 31.2 Å². The predicted molar refractivity (Wildman–Crippen MR) is 63.6 cm³/mol. The first-order valence-corrected chi connectivity index (χ1v) is 5.93. The van der Waals surface area contributed by atoms with Crippen molar-refractivity contribution in [2.45, 2.75) is 31.8 Å². The maximum absolute atomic E-state index is 9.37. The summed E-state index contributed by atoms with van der Waals surface area (Å²) in [6.45, 7) is 2.77. The Kier molecular flexibility index (Phi) is 3.80. The summed E-state index contributed by atoms with van der Waals surface area (Å²) >= 11 is 0. The molecule has 16 heavy (non-hydrogen) atoms. The van der Waals surface area contributed by atoms with Crippen LogP contribution in [0.4, 0.5) is 0 Å². The van der Waals surface area contributed by atoms with Crippen LogP contribution < -0.4 is 10.1 Å². The molecule has 2 N–H and O–H groups in total. The molecule has 1 aromatic rings. The molecule has 0 heterocycles. The van der Waals surface area contributed by atoms with Crippen LogP contribution in [0.1, 0.15) is 31.4 Å². The summed E-state index contributed by atoms with van der Waals surface area (Å²) in [5.41, 5.74) is 1.10. The van der Waals surface area contributed by atoms with Gasteiger partial charge >= 0.3 is 0 Å². The molecule has 3 heteroatoms. The minimum absolute atomic E-state index is 0.0351. The molecular weight excluding hydrogens is 202 g/mol. The topological polar surface area (TPSA) is 41.5 Å². The molecule has 1 aliphatic rings. The van der Waals surface area contributed by atoms with Crippen molar-refractivity contribution >= 4 is 0 Å². The highest BCUT2D eigenvalue weighted by Crippen LogP contribution is 2.25. The summed E-state index contributed by atoms with van der Waals surface area (Å²) in [5.74, 6) is 0.871. The fraction of sp³-hybridized carbons (Fsp3) is 0.538. The molecule has 0 aromatic heterocycles. The summed E-state index contributed by atoms with van der Waals surface area (Å²) in [6, 6.07) is 8.56. The Morgan fingerprint density at radius 2 is 2.31 bits per heavy atom. The number of rotatable bonds is 6. The zero-order valence-electron chi connectivity index (χ0n) is 9.65. The van der Waals surface area contributed by atoms with E-state index in [9.17, 15) is 5.11 Å². The number of nitrogens with one attached hydrogen (secondary N) is 1. The van der Waals surface area contributed by atoms with Gasteiger partial charge < -0.3 is 15.2 Å². The minimum atomic E-state index is 0.0351. The fourth-order valence-electron chi connectivity index (χ4n) is 1.78. The average Bonchev–Trinajstić information content (AvgIpc) is 3.10. The molecule has 3 nitrogen and oxygen atoms in total. The quantitative estimate of drug-likeness (QED) is 0.770. The first-order valence-electron chi connectivity index (χ1n) is 5.93. The standard InChI is InChI=1S/C13H19NO2/c1-2-16-12-5-3-4-10(8-12)13(9-15)14-11-6-7-11/h3-5,8,11,13-15H,2,6-7,9H2,1H3. The van der Waals surface area contributed by atoms with E-state index < -0.39 is 0 Å². The summed E-state index contributed by atoms with van der Waals surface area (Å²) in [6.07, 6.45) is 2.45. The molecule has 0 aliphatic heterocycles. The van der Waals surface area contributed by atoms with Crippen LogP contribution in [-0.4, -0.2) is 24.4 Å². The van der Waals surface area contributed by atoms with E-state index in [0.717, 1.165) is 11.3 Å². The van der Waals surface area contributed by atoms with Crippen LogP contribution in [0, 0.1) is 0 Å². The van der Waals surface area contributed by atoms with Crippen molar-refractivity contribution in [3.63, 3.8) is 0 Å². The van der Waals surface area contributed by atoms with Crippen LogP contribution in [0.15, 0.2) is 24.3 Å². The van der Waals surface area contributed by atoms with E-state index in [1.165, 1.54) is 12.8 Å². The van der Waals surface area contributed by atoms with Gasteiger partial charge in [-0.3, -0.25) is 0 Å². The number of hydrogen-bond acceptors (Lipinski definition) is 3. The van der Waals surface area contributed by atoms with E-state index >= 15 is 0 Å². The van der Waals surface area contributed by atoms with E-state index in [4.69, 9.17) is 4.74 Å². The Labute approximate surface area is 96.4 Å². The van der Waals surface area contributed by atoms with Gasteiger partial charge in [0.2, 0.25) is 0 Å². The van der Waals surface area contributed by atoms with Crippen LogP contribution >= 0.6 is 0 Å². The third kappa shape index (κ3) is 2.97. The Balaban J connectivity index is 2.06. The van der Waals surface area contributed by atoms with E-state index in [1.54, 1.807) is 0 Å². The van der Waals surface area contributed by atoms with Gasteiger partial charge in [0.1, 0.15) is 5.75 Å². The molecule has 0 spiro atoms. The highest BCUT2D eigenvalue weighted by atomic mass is 16.5. The molecule has 1 saturated carbocycles. The molecule has 0 bridgehead atoms. The Hall–Kier alpha value is -1.06. The maximum Gasteiger partial charge on any atom is 0.119 e. The lowest BCUT2D eigenvalue weighted by atomic mass is 10.1. The lowest BCUT2D eigenvalue weighted by Gasteiger charge is -2.17. The molecule has 1 aliphatic carbocycles. The van der Waals surface area contributed by atoms with Gasteiger partial charge in [-0.2, -0.15) is 0 Å². The zero-order chi connectivity index (χ0) is 11.4. The summed E-state index contributed by atoms with van der Waals surface area (Å²) in [4.78, 5) is 0. The number of aliphatic hydroxyl groups excluding tert-OH is 1. The molecule has 2 rings (SSSR count). The van der Waals surface area contributed by atoms with Gasteiger partial charge in [0, 0.05) is 6.04 Å². The molecule has 88 valence electrons. The van der Waals surface area contributed by atoms with Crippen molar-refractivity contribution in [3.05, 3.63) is 29.8 Å². The smallest absolute Gasteiger partial charge is 0.119 e. The van der Waals surface area contributed by atoms with Gasteiger partial charge in [0.25, 0.3) is 0 Å². The predicted octanol–water partition coefficient (Wildman–Crippen LogP) is 1.87. The van der Waals surface area contributed by atoms with E-state index in [2.05, 4.69) is 5.32 Å². The van der Waals surface area contributed by atoms with Gasteiger partial charge in [0.15, 0.2) is 0 Å². The van der Waals surface area contributed by atoms with Crippen molar-refractivity contribution in [2.24, 2.45) is 0 Å². The lowest BCUT2D eigenvalue weighted by molar-refractivity contribution is 0.243. The third-order valence-corrected chi connectivity index (χ3v) is 2.77. The number of ether oxygens (including phenoxy) is 1. The molecular formula is C13H19NO2. The second kappa shape index (κ2) is 5.32. The Morgan fingerprint density at radius 1 is 1.50 bits per heavy atom. The largest absolute Gasteiger partial charge is 0.494 e. The van der Waals surface area contributed by atoms with Gasteiger partial charge in [-0.1, -0.05) is 12.1 Å².